The number of aliphatic hydroxyl groups is 1. The first kappa shape index (κ1) is 15.1. The number of rotatable bonds is 6. The Balaban J connectivity index is 3.23. The molecule has 1 rings (SSSR count). The summed E-state index contributed by atoms with van der Waals surface area (Å²) in [5, 5.41) is 23.0. The van der Waals surface area contributed by atoms with Crippen molar-refractivity contribution in [2.24, 2.45) is 5.84 Å². The minimum atomic E-state index is -0.549. The third kappa shape index (κ3) is 3.73. The molecule has 9 heteroatoms. The molecule has 5 N–H and O–H groups in total. The van der Waals surface area contributed by atoms with E-state index in [1.807, 2.05) is 0 Å². The van der Waals surface area contributed by atoms with Gasteiger partial charge < -0.3 is 10.4 Å². The molecule has 9 nitrogen and oxygen atoms in total. The number of aryl methyl sites for hydroxylation is 1. The van der Waals surface area contributed by atoms with Gasteiger partial charge in [0, 0.05) is 12.1 Å². The highest BCUT2D eigenvalue weighted by atomic mass is 16.6. The summed E-state index contributed by atoms with van der Waals surface area (Å²) in [5.41, 5.74) is 1.71. The summed E-state index contributed by atoms with van der Waals surface area (Å²) in [6.07, 6.45) is 0.415. The van der Waals surface area contributed by atoms with E-state index in [2.05, 4.69) is 20.7 Å². The number of nitrogens with one attached hydrogen (secondary N) is 2. The zero-order valence-corrected chi connectivity index (χ0v) is 11.1. The van der Waals surface area contributed by atoms with Crippen molar-refractivity contribution < 1.29 is 10.0 Å². The standard InChI is InChI=1S/C10H18N6O3/c1-6-7(16(18)19)8(13-9(12-6)15-11)14-10(2,3)4-5-17/h17H,4-5,11H2,1-3H3,(H2,12,13,14,15). The average Bonchev–Trinajstić information content (AvgIpc) is 2.26. The molecule has 0 amide bonds. The van der Waals surface area contributed by atoms with Crippen LogP contribution < -0.4 is 16.6 Å². The van der Waals surface area contributed by atoms with E-state index >= 15 is 0 Å². The van der Waals surface area contributed by atoms with Gasteiger partial charge in [0.1, 0.15) is 5.69 Å². The highest BCUT2D eigenvalue weighted by Gasteiger charge is 2.27. The number of aliphatic hydroxyl groups excluding tert-OH is 1. The van der Waals surface area contributed by atoms with Crippen LogP contribution in [0.25, 0.3) is 0 Å². The Kier molecular flexibility index (Phi) is 4.57. The average molecular weight is 270 g/mol. The van der Waals surface area contributed by atoms with Crippen LogP contribution in [0.2, 0.25) is 0 Å². The number of nitro groups is 1. The lowest BCUT2D eigenvalue weighted by molar-refractivity contribution is -0.385. The van der Waals surface area contributed by atoms with Crippen molar-refractivity contribution in [3.63, 3.8) is 0 Å². The highest BCUT2D eigenvalue weighted by Crippen LogP contribution is 2.29. The molecule has 1 aromatic rings. The largest absolute Gasteiger partial charge is 0.396 e. The molecule has 0 unspecified atom stereocenters. The highest BCUT2D eigenvalue weighted by molar-refractivity contribution is 5.61. The molecule has 0 saturated heterocycles. The fourth-order valence-electron chi connectivity index (χ4n) is 1.60. The predicted octanol–water partition coefficient (Wildman–Crippen LogP) is 0.552. The van der Waals surface area contributed by atoms with Gasteiger partial charge in [-0.15, -0.1) is 0 Å². The fourth-order valence-corrected chi connectivity index (χ4v) is 1.60. The summed E-state index contributed by atoms with van der Waals surface area (Å²) in [6, 6.07) is 0. The first-order chi connectivity index (χ1) is 8.80. The Hall–Kier alpha value is -2.00. The van der Waals surface area contributed by atoms with Crippen LogP contribution in [0.5, 0.6) is 0 Å². The number of aromatic nitrogens is 2. The zero-order chi connectivity index (χ0) is 14.6. The maximum Gasteiger partial charge on any atom is 0.332 e. The predicted molar refractivity (Wildman–Crippen MR) is 70.6 cm³/mol. The smallest absolute Gasteiger partial charge is 0.332 e. The van der Waals surface area contributed by atoms with Crippen molar-refractivity contribution in [3.8, 4) is 0 Å². The van der Waals surface area contributed by atoms with Gasteiger partial charge in [-0.25, -0.2) is 10.8 Å². The molecule has 0 saturated carbocycles. The van der Waals surface area contributed by atoms with Gasteiger partial charge in [-0.2, -0.15) is 4.98 Å². The van der Waals surface area contributed by atoms with E-state index in [0.717, 1.165) is 0 Å². The van der Waals surface area contributed by atoms with E-state index in [1.165, 1.54) is 6.92 Å². The number of hydrogen-bond donors (Lipinski definition) is 4. The lowest BCUT2D eigenvalue weighted by atomic mass is 10.0. The van der Waals surface area contributed by atoms with E-state index in [4.69, 9.17) is 10.9 Å². The van der Waals surface area contributed by atoms with Crippen molar-refractivity contribution >= 4 is 17.5 Å². The minimum absolute atomic E-state index is 0.0418. The van der Waals surface area contributed by atoms with Crippen LogP contribution in [0.3, 0.4) is 0 Å². The SMILES string of the molecule is Cc1nc(NN)nc(NC(C)(C)CCO)c1[N+](=O)[O-]. The molecule has 0 atom stereocenters. The summed E-state index contributed by atoms with van der Waals surface area (Å²) >= 11 is 0. The van der Waals surface area contributed by atoms with Gasteiger partial charge >= 0.3 is 5.69 Å². The van der Waals surface area contributed by atoms with E-state index in [-0.39, 0.29) is 29.8 Å². The van der Waals surface area contributed by atoms with E-state index in [1.54, 1.807) is 13.8 Å². The number of nitrogen functional groups attached to an aromatic ring is 1. The number of nitrogens with zero attached hydrogens (tertiary/aromatic N) is 3. The van der Waals surface area contributed by atoms with Gasteiger partial charge in [0.15, 0.2) is 0 Å². The molecular formula is C10H18N6O3. The Labute approximate surface area is 110 Å². The summed E-state index contributed by atoms with van der Waals surface area (Å²) in [7, 11) is 0. The topological polar surface area (TPSA) is 139 Å². The molecule has 0 spiro atoms. The summed E-state index contributed by atoms with van der Waals surface area (Å²) in [6.45, 7) is 5.07. The van der Waals surface area contributed by atoms with Gasteiger partial charge in [0.2, 0.25) is 11.8 Å². The van der Waals surface area contributed by atoms with Crippen LogP contribution in [-0.2, 0) is 0 Å². The number of anilines is 2. The molecule has 106 valence electrons. The van der Waals surface area contributed by atoms with Crippen molar-refractivity contribution in [1.29, 1.82) is 0 Å². The molecule has 1 heterocycles. The second kappa shape index (κ2) is 5.76. The Morgan fingerprint density at radius 1 is 1.47 bits per heavy atom. The molecule has 19 heavy (non-hydrogen) atoms. The van der Waals surface area contributed by atoms with Gasteiger partial charge in [-0.05, 0) is 27.2 Å². The van der Waals surface area contributed by atoms with Crippen molar-refractivity contribution in [3.05, 3.63) is 15.8 Å². The molecule has 0 fully saturated rings. The van der Waals surface area contributed by atoms with Gasteiger partial charge in [0.25, 0.3) is 0 Å². The second-order valence-corrected chi connectivity index (χ2v) is 4.71. The van der Waals surface area contributed by atoms with E-state index < -0.39 is 10.5 Å². The van der Waals surface area contributed by atoms with Crippen molar-refractivity contribution in [2.45, 2.75) is 32.7 Å². The molecule has 0 radical (unpaired) electrons. The lowest BCUT2D eigenvalue weighted by Crippen LogP contribution is -2.33. The van der Waals surface area contributed by atoms with Gasteiger partial charge in [0.05, 0.1) is 4.92 Å². The summed E-state index contributed by atoms with van der Waals surface area (Å²) < 4.78 is 0. The van der Waals surface area contributed by atoms with Crippen LogP contribution in [-0.4, -0.2) is 32.1 Å². The van der Waals surface area contributed by atoms with Crippen molar-refractivity contribution in [1.82, 2.24) is 9.97 Å². The van der Waals surface area contributed by atoms with Crippen LogP contribution in [0.4, 0.5) is 17.5 Å². The Bertz CT molecular complexity index is 477. The first-order valence-corrected chi connectivity index (χ1v) is 5.69. The van der Waals surface area contributed by atoms with E-state index in [9.17, 15) is 10.1 Å². The summed E-state index contributed by atoms with van der Waals surface area (Å²) in [5.74, 6) is 5.38. The molecular weight excluding hydrogens is 252 g/mol. The minimum Gasteiger partial charge on any atom is -0.396 e. The fraction of sp³-hybridized carbons (Fsp3) is 0.600. The Morgan fingerprint density at radius 2 is 2.11 bits per heavy atom. The van der Waals surface area contributed by atoms with Gasteiger partial charge in [-0.3, -0.25) is 15.5 Å². The maximum atomic E-state index is 11.1. The van der Waals surface area contributed by atoms with E-state index in [0.29, 0.717) is 6.42 Å². The molecule has 0 aliphatic carbocycles. The third-order valence-corrected chi connectivity index (χ3v) is 2.56. The maximum absolute atomic E-state index is 11.1. The van der Waals surface area contributed by atoms with Crippen LogP contribution in [0.15, 0.2) is 0 Å². The zero-order valence-electron chi connectivity index (χ0n) is 11.1. The number of nitrogens with two attached hydrogens (primary N) is 1. The van der Waals surface area contributed by atoms with Crippen LogP contribution >= 0.6 is 0 Å². The van der Waals surface area contributed by atoms with Crippen LogP contribution in [0, 0.1) is 17.0 Å². The number of hydrazine groups is 1. The molecule has 0 aliphatic rings. The van der Waals surface area contributed by atoms with Crippen molar-refractivity contribution in [2.75, 3.05) is 17.3 Å². The number of hydrogen-bond acceptors (Lipinski definition) is 8. The molecule has 0 aromatic carbocycles. The first-order valence-electron chi connectivity index (χ1n) is 5.69. The van der Waals surface area contributed by atoms with Crippen LogP contribution in [0.1, 0.15) is 26.0 Å². The van der Waals surface area contributed by atoms with Gasteiger partial charge in [-0.1, -0.05) is 0 Å². The lowest BCUT2D eigenvalue weighted by Gasteiger charge is -2.26. The summed E-state index contributed by atoms with van der Waals surface area (Å²) in [4.78, 5) is 18.4. The molecule has 0 aliphatic heterocycles. The Morgan fingerprint density at radius 3 is 2.58 bits per heavy atom. The third-order valence-electron chi connectivity index (χ3n) is 2.56. The quantitative estimate of drug-likeness (QED) is 0.334. The molecule has 1 aromatic heterocycles. The molecule has 0 bridgehead atoms. The second-order valence-electron chi connectivity index (χ2n) is 4.71. The monoisotopic (exact) mass is 270 g/mol. The normalized spacial score (nSPS) is 11.2.